The molecule has 2 amide bonds. The largest absolute Gasteiger partial charge is 0.497 e. The smallest absolute Gasteiger partial charge is 0.340 e. The summed E-state index contributed by atoms with van der Waals surface area (Å²) in [4.78, 5) is 39.2. The van der Waals surface area contributed by atoms with Crippen LogP contribution < -0.4 is 10.1 Å². The fourth-order valence-corrected chi connectivity index (χ4v) is 3.72. The summed E-state index contributed by atoms with van der Waals surface area (Å²) in [5.74, 6) is -0.308. The zero-order valence-electron chi connectivity index (χ0n) is 17.9. The van der Waals surface area contributed by atoms with Crippen molar-refractivity contribution in [2.75, 3.05) is 32.6 Å². The number of carbonyl (C=O) groups excluding carboxylic acids is 3. The molecule has 0 saturated carbocycles. The zero-order chi connectivity index (χ0) is 22.2. The molecular formula is C24H28N2O5. The Hall–Kier alpha value is -3.35. The van der Waals surface area contributed by atoms with E-state index in [0.29, 0.717) is 50.2 Å². The van der Waals surface area contributed by atoms with E-state index in [1.165, 1.54) is 20.3 Å². The molecule has 2 aromatic carbocycles. The highest BCUT2D eigenvalue weighted by molar-refractivity contribution is 6.02. The fraction of sp³-hybridized carbons (Fsp3) is 0.375. The van der Waals surface area contributed by atoms with Gasteiger partial charge in [0.2, 0.25) is 11.8 Å². The predicted molar refractivity (Wildman–Crippen MR) is 117 cm³/mol. The summed E-state index contributed by atoms with van der Waals surface area (Å²) in [5, 5.41) is 2.84. The van der Waals surface area contributed by atoms with Crippen LogP contribution in [0.15, 0.2) is 48.5 Å². The predicted octanol–water partition coefficient (Wildman–Crippen LogP) is 3.29. The van der Waals surface area contributed by atoms with Crippen molar-refractivity contribution in [1.29, 1.82) is 0 Å². The Morgan fingerprint density at radius 3 is 2.39 bits per heavy atom. The maximum Gasteiger partial charge on any atom is 0.340 e. The minimum Gasteiger partial charge on any atom is -0.497 e. The Morgan fingerprint density at radius 2 is 1.74 bits per heavy atom. The van der Waals surface area contributed by atoms with Crippen molar-refractivity contribution in [2.24, 2.45) is 5.92 Å². The lowest BCUT2D eigenvalue weighted by Crippen LogP contribution is -2.41. The molecule has 0 aliphatic carbocycles. The molecule has 7 heteroatoms. The summed E-state index contributed by atoms with van der Waals surface area (Å²) in [6, 6.07) is 14.8. The third kappa shape index (κ3) is 5.84. The number of carbonyl (C=O) groups is 3. The zero-order valence-corrected chi connectivity index (χ0v) is 17.9. The molecule has 0 aromatic heterocycles. The number of aryl methyl sites for hydroxylation is 1. The number of benzene rings is 2. The molecule has 3 rings (SSSR count). The number of nitrogens with one attached hydrogen (secondary N) is 1. The molecule has 1 N–H and O–H groups in total. The first-order chi connectivity index (χ1) is 15.0. The third-order valence-corrected chi connectivity index (χ3v) is 5.58. The molecule has 0 atom stereocenters. The molecule has 2 aromatic rings. The lowest BCUT2D eigenvalue weighted by atomic mass is 9.95. The van der Waals surface area contributed by atoms with Gasteiger partial charge in [-0.05, 0) is 43.0 Å². The van der Waals surface area contributed by atoms with Crippen LogP contribution in [0.25, 0.3) is 0 Å². The number of hydrogen-bond acceptors (Lipinski definition) is 5. The summed E-state index contributed by atoms with van der Waals surface area (Å²) >= 11 is 0. The van der Waals surface area contributed by atoms with Crippen molar-refractivity contribution >= 4 is 23.5 Å². The molecule has 0 spiro atoms. The standard InChI is InChI=1S/C24H28N2O5/c1-30-19-9-10-21(20(16-19)24(29)31-2)25-23(28)18-12-14-26(15-13-18)22(27)11-8-17-6-4-3-5-7-17/h3-7,9-10,16,18H,8,11-15H2,1-2H3,(H,25,28). The number of rotatable bonds is 7. The SMILES string of the molecule is COC(=O)c1cc(OC)ccc1NC(=O)C1CCN(C(=O)CCc2ccccc2)CC1. The van der Waals surface area contributed by atoms with Crippen LogP contribution in [0.1, 0.15) is 35.2 Å². The van der Waals surface area contributed by atoms with E-state index < -0.39 is 5.97 Å². The van der Waals surface area contributed by atoms with Gasteiger partial charge in [-0.25, -0.2) is 4.79 Å². The Balaban J connectivity index is 1.53. The molecule has 1 fully saturated rings. The average molecular weight is 424 g/mol. The molecule has 1 heterocycles. The molecule has 7 nitrogen and oxygen atoms in total. The molecule has 31 heavy (non-hydrogen) atoms. The van der Waals surface area contributed by atoms with Crippen LogP contribution in [-0.4, -0.2) is 50.0 Å². The van der Waals surface area contributed by atoms with Gasteiger partial charge < -0.3 is 19.7 Å². The van der Waals surface area contributed by atoms with Crippen molar-refractivity contribution in [2.45, 2.75) is 25.7 Å². The van der Waals surface area contributed by atoms with Crippen LogP contribution in [-0.2, 0) is 20.7 Å². The summed E-state index contributed by atoms with van der Waals surface area (Å²) < 4.78 is 9.96. The Morgan fingerprint density at radius 1 is 1.03 bits per heavy atom. The van der Waals surface area contributed by atoms with Gasteiger partial charge in [0.25, 0.3) is 0 Å². The number of ether oxygens (including phenoxy) is 2. The summed E-state index contributed by atoms with van der Waals surface area (Å²) in [7, 11) is 2.79. The van der Waals surface area contributed by atoms with Gasteiger partial charge >= 0.3 is 5.97 Å². The molecular weight excluding hydrogens is 396 g/mol. The maximum atomic E-state index is 12.8. The number of esters is 1. The van der Waals surface area contributed by atoms with Crippen LogP contribution in [0.3, 0.4) is 0 Å². The van der Waals surface area contributed by atoms with Gasteiger partial charge in [0, 0.05) is 25.4 Å². The van der Waals surface area contributed by atoms with Crippen molar-refractivity contribution in [3.8, 4) is 5.75 Å². The monoisotopic (exact) mass is 424 g/mol. The molecule has 0 bridgehead atoms. The van der Waals surface area contributed by atoms with E-state index in [2.05, 4.69) is 5.32 Å². The van der Waals surface area contributed by atoms with Crippen LogP contribution in [0.4, 0.5) is 5.69 Å². The number of likely N-dealkylation sites (tertiary alicyclic amines) is 1. The van der Waals surface area contributed by atoms with Gasteiger partial charge in [0.15, 0.2) is 0 Å². The van der Waals surface area contributed by atoms with Crippen LogP contribution >= 0.6 is 0 Å². The van der Waals surface area contributed by atoms with Crippen LogP contribution in [0.5, 0.6) is 5.75 Å². The summed E-state index contributed by atoms with van der Waals surface area (Å²) in [5.41, 5.74) is 1.77. The first-order valence-electron chi connectivity index (χ1n) is 10.4. The van der Waals surface area contributed by atoms with Gasteiger partial charge in [-0.1, -0.05) is 30.3 Å². The van der Waals surface area contributed by atoms with Crippen molar-refractivity contribution in [3.05, 3.63) is 59.7 Å². The normalized spacial score (nSPS) is 14.1. The van der Waals surface area contributed by atoms with E-state index in [0.717, 1.165) is 5.56 Å². The third-order valence-electron chi connectivity index (χ3n) is 5.58. The average Bonchev–Trinajstić information content (AvgIpc) is 2.83. The quantitative estimate of drug-likeness (QED) is 0.690. The second kappa shape index (κ2) is 10.6. The van der Waals surface area contributed by atoms with E-state index in [-0.39, 0.29) is 23.3 Å². The second-order valence-corrected chi connectivity index (χ2v) is 7.53. The van der Waals surface area contributed by atoms with Gasteiger partial charge in [-0.15, -0.1) is 0 Å². The van der Waals surface area contributed by atoms with E-state index in [1.807, 2.05) is 35.2 Å². The Bertz CT molecular complexity index is 921. The number of amides is 2. The van der Waals surface area contributed by atoms with E-state index in [4.69, 9.17) is 9.47 Å². The topological polar surface area (TPSA) is 84.9 Å². The first-order valence-corrected chi connectivity index (χ1v) is 10.4. The summed E-state index contributed by atoms with van der Waals surface area (Å²) in [6.07, 6.45) is 2.36. The highest BCUT2D eigenvalue weighted by Gasteiger charge is 2.28. The summed E-state index contributed by atoms with van der Waals surface area (Å²) in [6.45, 7) is 1.11. The molecule has 1 aliphatic rings. The van der Waals surface area contributed by atoms with E-state index >= 15 is 0 Å². The molecule has 1 saturated heterocycles. The number of piperidine rings is 1. The number of hydrogen-bond donors (Lipinski definition) is 1. The minimum atomic E-state index is -0.548. The maximum absolute atomic E-state index is 12.8. The highest BCUT2D eigenvalue weighted by atomic mass is 16.5. The van der Waals surface area contributed by atoms with Gasteiger partial charge in [-0.2, -0.15) is 0 Å². The lowest BCUT2D eigenvalue weighted by molar-refractivity contribution is -0.134. The van der Waals surface area contributed by atoms with Crippen LogP contribution in [0, 0.1) is 5.92 Å². The fourth-order valence-electron chi connectivity index (χ4n) is 3.72. The number of methoxy groups -OCH3 is 2. The highest BCUT2D eigenvalue weighted by Crippen LogP contribution is 2.25. The molecule has 0 radical (unpaired) electrons. The lowest BCUT2D eigenvalue weighted by Gasteiger charge is -2.31. The number of anilines is 1. The van der Waals surface area contributed by atoms with Crippen molar-refractivity contribution < 1.29 is 23.9 Å². The Kier molecular flexibility index (Phi) is 7.65. The molecule has 0 unspecified atom stereocenters. The number of nitrogens with zero attached hydrogens (tertiary/aromatic N) is 1. The Labute approximate surface area is 182 Å². The minimum absolute atomic E-state index is 0.117. The van der Waals surface area contributed by atoms with E-state index in [9.17, 15) is 14.4 Å². The van der Waals surface area contributed by atoms with Gasteiger partial charge in [0.1, 0.15) is 5.75 Å². The van der Waals surface area contributed by atoms with Gasteiger partial charge in [-0.3, -0.25) is 9.59 Å². The van der Waals surface area contributed by atoms with Gasteiger partial charge in [0.05, 0.1) is 25.5 Å². The van der Waals surface area contributed by atoms with Crippen molar-refractivity contribution in [1.82, 2.24) is 4.90 Å². The second-order valence-electron chi connectivity index (χ2n) is 7.53. The molecule has 1 aliphatic heterocycles. The first kappa shape index (κ1) is 22.3. The van der Waals surface area contributed by atoms with Crippen LogP contribution in [0.2, 0.25) is 0 Å². The van der Waals surface area contributed by atoms with E-state index in [1.54, 1.807) is 12.1 Å². The van der Waals surface area contributed by atoms with Crippen molar-refractivity contribution in [3.63, 3.8) is 0 Å². The molecule has 164 valence electrons.